The Hall–Kier alpha value is -1.13. The minimum atomic E-state index is -1.08. The van der Waals surface area contributed by atoms with E-state index in [1.807, 2.05) is 18.2 Å². The van der Waals surface area contributed by atoms with Crippen molar-refractivity contribution < 1.29 is 9.22 Å². The molecular weight excluding hydrogens is 290 g/mol. The van der Waals surface area contributed by atoms with Crippen LogP contribution in [0.5, 0.6) is 0 Å². The molecule has 1 amide bonds. The standard InChI is InChI=1S/C18H29NO2Si/c1-18(2,3)16-11-15(13-21-22(4)5)17(20)19(16)12-14-9-7-6-8-10-14/h6-10,15-16,22H,11-13H2,1-5H3/t15?,16-/m0/s1. The highest BCUT2D eigenvalue weighted by molar-refractivity contribution is 6.48. The molecular formula is C18H29NO2Si. The van der Waals surface area contributed by atoms with E-state index in [2.05, 4.69) is 50.9 Å². The largest absolute Gasteiger partial charge is 0.420 e. The van der Waals surface area contributed by atoms with E-state index < -0.39 is 9.04 Å². The second-order valence-electron chi connectivity index (χ2n) is 7.65. The van der Waals surface area contributed by atoms with Crippen LogP contribution in [0.1, 0.15) is 32.8 Å². The molecule has 1 heterocycles. The van der Waals surface area contributed by atoms with Crippen molar-refractivity contribution in [2.45, 2.75) is 52.9 Å². The van der Waals surface area contributed by atoms with Crippen LogP contribution in [0, 0.1) is 11.3 Å². The number of rotatable bonds is 5. The van der Waals surface area contributed by atoms with E-state index in [1.54, 1.807) is 0 Å². The molecule has 1 aliphatic heterocycles. The van der Waals surface area contributed by atoms with Gasteiger partial charge in [0.2, 0.25) is 5.91 Å². The van der Waals surface area contributed by atoms with Gasteiger partial charge in [0.1, 0.15) is 0 Å². The average Bonchev–Trinajstić information content (AvgIpc) is 2.75. The quantitative estimate of drug-likeness (QED) is 0.778. The van der Waals surface area contributed by atoms with Crippen LogP contribution in [0.25, 0.3) is 0 Å². The van der Waals surface area contributed by atoms with E-state index in [0.29, 0.717) is 13.2 Å². The van der Waals surface area contributed by atoms with Crippen LogP contribution in [0.3, 0.4) is 0 Å². The van der Waals surface area contributed by atoms with Crippen molar-refractivity contribution in [3.8, 4) is 0 Å². The van der Waals surface area contributed by atoms with E-state index in [0.717, 1.165) is 6.42 Å². The molecule has 0 radical (unpaired) electrons. The monoisotopic (exact) mass is 319 g/mol. The normalized spacial score (nSPS) is 22.6. The summed E-state index contributed by atoms with van der Waals surface area (Å²) in [5.41, 5.74) is 1.29. The molecule has 2 atom stereocenters. The molecule has 1 aromatic carbocycles. The lowest BCUT2D eigenvalue weighted by Gasteiger charge is -2.35. The molecule has 1 unspecified atom stereocenters. The zero-order chi connectivity index (χ0) is 16.3. The molecule has 22 heavy (non-hydrogen) atoms. The van der Waals surface area contributed by atoms with Crippen molar-refractivity contribution in [1.29, 1.82) is 0 Å². The number of carbonyl (C=O) groups is 1. The molecule has 0 N–H and O–H groups in total. The van der Waals surface area contributed by atoms with Crippen LogP contribution in [0.2, 0.25) is 13.1 Å². The molecule has 1 aromatic rings. The van der Waals surface area contributed by atoms with Gasteiger partial charge in [-0.3, -0.25) is 4.79 Å². The molecule has 122 valence electrons. The topological polar surface area (TPSA) is 29.5 Å². The molecule has 1 aliphatic rings. The van der Waals surface area contributed by atoms with Crippen molar-refractivity contribution in [3.63, 3.8) is 0 Å². The lowest BCUT2D eigenvalue weighted by Crippen LogP contribution is -2.41. The fourth-order valence-corrected chi connectivity index (χ4v) is 3.74. The maximum absolute atomic E-state index is 12.8. The minimum Gasteiger partial charge on any atom is -0.420 e. The first-order valence-electron chi connectivity index (χ1n) is 8.25. The van der Waals surface area contributed by atoms with Gasteiger partial charge in [0, 0.05) is 19.2 Å². The Labute approximate surface area is 136 Å². The molecule has 0 saturated carbocycles. The Bertz CT molecular complexity index is 496. The zero-order valence-corrected chi connectivity index (χ0v) is 15.7. The SMILES string of the molecule is C[SiH](C)OCC1C[C@@H](C(C)(C)C)N(Cc2ccccc2)C1=O. The second kappa shape index (κ2) is 6.96. The summed E-state index contributed by atoms with van der Waals surface area (Å²) >= 11 is 0. The highest BCUT2D eigenvalue weighted by Gasteiger charge is 2.44. The third kappa shape index (κ3) is 4.20. The maximum atomic E-state index is 12.8. The Balaban J connectivity index is 2.14. The summed E-state index contributed by atoms with van der Waals surface area (Å²) in [5, 5.41) is 0. The van der Waals surface area contributed by atoms with Crippen LogP contribution < -0.4 is 0 Å². The summed E-state index contributed by atoms with van der Waals surface area (Å²) in [6.45, 7) is 12.3. The van der Waals surface area contributed by atoms with Gasteiger partial charge in [-0.1, -0.05) is 51.1 Å². The van der Waals surface area contributed by atoms with E-state index in [9.17, 15) is 4.79 Å². The number of nitrogens with zero attached hydrogens (tertiary/aromatic N) is 1. The van der Waals surface area contributed by atoms with Gasteiger partial charge in [-0.05, 0) is 30.5 Å². The lowest BCUT2D eigenvalue weighted by molar-refractivity contribution is -0.134. The van der Waals surface area contributed by atoms with Crippen LogP contribution in [0.4, 0.5) is 0 Å². The first-order valence-corrected chi connectivity index (χ1v) is 11.0. The number of likely N-dealkylation sites (tertiary alicyclic amines) is 1. The second-order valence-corrected chi connectivity index (χ2v) is 10.1. The van der Waals surface area contributed by atoms with E-state index >= 15 is 0 Å². The Morgan fingerprint density at radius 3 is 2.41 bits per heavy atom. The van der Waals surface area contributed by atoms with Crippen molar-refractivity contribution in [1.82, 2.24) is 4.90 Å². The lowest BCUT2D eigenvalue weighted by atomic mass is 9.84. The Kier molecular flexibility index (Phi) is 5.45. The van der Waals surface area contributed by atoms with Gasteiger partial charge in [-0.25, -0.2) is 0 Å². The summed E-state index contributed by atoms with van der Waals surface area (Å²) in [7, 11) is -1.08. The first kappa shape index (κ1) is 17.2. The van der Waals surface area contributed by atoms with Gasteiger partial charge in [-0.15, -0.1) is 0 Å². The fraction of sp³-hybridized carbons (Fsp3) is 0.611. The molecule has 1 fully saturated rings. The van der Waals surface area contributed by atoms with Crippen LogP contribution in [-0.4, -0.2) is 32.5 Å². The van der Waals surface area contributed by atoms with Gasteiger partial charge in [0.25, 0.3) is 0 Å². The maximum Gasteiger partial charge on any atom is 0.228 e. The van der Waals surface area contributed by atoms with Crippen molar-refractivity contribution in [3.05, 3.63) is 35.9 Å². The van der Waals surface area contributed by atoms with Crippen molar-refractivity contribution >= 4 is 14.9 Å². The smallest absolute Gasteiger partial charge is 0.228 e. The van der Waals surface area contributed by atoms with Crippen LogP contribution >= 0.6 is 0 Å². The third-order valence-electron chi connectivity index (χ3n) is 4.34. The predicted molar refractivity (Wildman–Crippen MR) is 93.2 cm³/mol. The van der Waals surface area contributed by atoms with Gasteiger partial charge >= 0.3 is 0 Å². The van der Waals surface area contributed by atoms with Gasteiger partial charge in [0.05, 0.1) is 5.92 Å². The van der Waals surface area contributed by atoms with E-state index in [-0.39, 0.29) is 23.3 Å². The fourth-order valence-electron chi connectivity index (χ4n) is 3.12. The van der Waals surface area contributed by atoms with Crippen LogP contribution in [0.15, 0.2) is 30.3 Å². The molecule has 0 spiro atoms. The van der Waals surface area contributed by atoms with Gasteiger partial charge < -0.3 is 9.33 Å². The predicted octanol–water partition coefficient (Wildman–Crippen LogP) is 3.45. The third-order valence-corrected chi connectivity index (χ3v) is 5.20. The first-order chi connectivity index (χ1) is 10.3. The van der Waals surface area contributed by atoms with E-state index in [4.69, 9.17) is 4.43 Å². The van der Waals surface area contributed by atoms with Gasteiger partial charge in [0.15, 0.2) is 9.04 Å². The Morgan fingerprint density at radius 2 is 1.86 bits per heavy atom. The Morgan fingerprint density at radius 1 is 1.23 bits per heavy atom. The molecule has 3 nitrogen and oxygen atoms in total. The highest BCUT2D eigenvalue weighted by Crippen LogP contribution is 2.37. The minimum absolute atomic E-state index is 0.0304. The number of hydrogen-bond acceptors (Lipinski definition) is 2. The number of amides is 1. The zero-order valence-electron chi connectivity index (χ0n) is 14.5. The molecule has 0 aliphatic carbocycles. The summed E-state index contributed by atoms with van der Waals surface area (Å²) in [6, 6.07) is 10.6. The molecule has 0 aromatic heterocycles. The number of hydrogen-bond donors (Lipinski definition) is 0. The summed E-state index contributed by atoms with van der Waals surface area (Å²) < 4.78 is 5.85. The number of benzene rings is 1. The van der Waals surface area contributed by atoms with Crippen LogP contribution in [-0.2, 0) is 15.8 Å². The van der Waals surface area contributed by atoms with Crippen molar-refractivity contribution in [2.75, 3.05) is 6.61 Å². The summed E-state index contributed by atoms with van der Waals surface area (Å²) in [4.78, 5) is 14.9. The molecule has 4 heteroatoms. The average molecular weight is 320 g/mol. The summed E-state index contributed by atoms with van der Waals surface area (Å²) in [5.74, 6) is 0.293. The molecule has 1 saturated heterocycles. The molecule has 0 bridgehead atoms. The number of carbonyl (C=O) groups excluding carboxylic acids is 1. The molecule has 2 rings (SSSR count). The van der Waals surface area contributed by atoms with E-state index in [1.165, 1.54) is 5.56 Å². The summed E-state index contributed by atoms with van der Waals surface area (Å²) in [6.07, 6.45) is 0.913. The van der Waals surface area contributed by atoms with Gasteiger partial charge in [-0.2, -0.15) is 0 Å². The highest BCUT2D eigenvalue weighted by atomic mass is 28.3. The van der Waals surface area contributed by atoms with Crippen molar-refractivity contribution in [2.24, 2.45) is 11.3 Å².